The van der Waals surface area contributed by atoms with E-state index in [1.807, 2.05) is 6.20 Å². The summed E-state index contributed by atoms with van der Waals surface area (Å²) in [6.45, 7) is 3.04. The molecule has 0 radical (unpaired) electrons. The van der Waals surface area contributed by atoms with Gasteiger partial charge < -0.3 is 15.0 Å². The van der Waals surface area contributed by atoms with Gasteiger partial charge in [-0.25, -0.2) is 9.37 Å². The van der Waals surface area contributed by atoms with Gasteiger partial charge in [-0.2, -0.15) is 0 Å². The van der Waals surface area contributed by atoms with Crippen molar-refractivity contribution < 1.29 is 9.13 Å². The van der Waals surface area contributed by atoms with Crippen LogP contribution >= 0.6 is 0 Å². The number of rotatable bonds is 6. The van der Waals surface area contributed by atoms with Gasteiger partial charge in [-0.1, -0.05) is 13.0 Å². The third-order valence-electron chi connectivity index (χ3n) is 3.27. The Balaban J connectivity index is 2.15. The number of hydrogen-bond donors (Lipinski definition) is 1. The van der Waals surface area contributed by atoms with Crippen molar-refractivity contribution in [3.8, 4) is 5.75 Å². The van der Waals surface area contributed by atoms with Crippen LogP contribution in [0.1, 0.15) is 30.8 Å². The maximum absolute atomic E-state index is 13.4. The number of benzene rings is 1. The van der Waals surface area contributed by atoms with Gasteiger partial charge in [0.05, 0.1) is 7.11 Å². The summed E-state index contributed by atoms with van der Waals surface area (Å²) in [5.41, 5.74) is 7.04. The molecule has 0 spiro atoms. The van der Waals surface area contributed by atoms with E-state index in [4.69, 9.17) is 10.5 Å². The molecule has 0 aliphatic heterocycles. The Morgan fingerprint density at radius 1 is 1.45 bits per heavy atom. The van der Waals surface area contributed by atoms with Crippen LogP contribution in [0.4, 0.5) is 4.39 Å². The second kappa shape index (κ2) is 6.52. The zero-order chi connectivity index (χ0) is 14.5. The van der Waals surface area contributed by atoms with Crippen LogP contribution in [0.3, 0.4) is 0 Å². The Morgan fingerprint density at radius 2 is 2.25 bits per heavy atom. The van der Waals surface area contributed by atoms with Gasteiger partial charge in [0.2, 0.25) is 0 Å². The van der Waals surface area contributed by atoms with Crippen molar-refractivity contribution in [2.45, 2.75) is 32.4 Å². The highest BCUT2D eigenvalue weighted by atomic mass is 19.1. The van der Waals surface area contributed by atoms with Crippen molar-refractivity contribution in [1.29, 1.82) is 0 Å². The van der Waals surface area contributed by atoms with Crippen LogP contribution in [0.25, 0.3) is 0 Å². The van der Waals surface area contributed by atoms with Gasteiger partial charge in [-0.05, 0) is 24.1 Å². The standard InChI is InChI=1S/C15H20FN3O/c1-3-7-19-8-6-18-15(19)10-13(17)11-4-5-12(16)14(9-11)20-2/h4-6,8-9,13H,3,7,10,17H2,1-2H3. The zero-order valence-corrected chi connectivity index (χ0v) is 11.8. The summed E-state index contributed by atoms with van der Waals surface area (Å²) in [6, 6.07) is 4.48. The van der Waals surface area contributed by atoms with Gasteiger partial charge >= 0.3 is 0 Å². The molecule has 0 saturated carbocycles. The SMILES string of the molecule is CCCn1ccnc1CC(N)c1ccc(F)c(OC)c1. The summed E-state index contributed by atoms with van der Waals surface area (Å²) < 4.78 is 20.5. The number of halogens is 1. The Labute approximate surface area is 118 Å². The predicted octanol–water partition coefficient (Wildman–Crippen LogP) is 2.68. The highest BCUT2D eigenvalue weighted by molar-refractivity contribution is 5.32. The third-order valence-corrected chi connectivity index (χ3v) is 3.27. The van der Waals surface area contributed by atoms with Crippen molar-refractivity contribution in [3.05, 3.63) is 47.8 Å². The van der Waals surface area contributed by atoms with E-state index >= 15 is 0 Å². The minimum atomic E-state index is -0.379. The molecule has 20 heavy (non-hydrogen) atoms. The first-order chi connectivity index (χ1) is 9.65. The number of imidazole rings is 1. The summed E-state index contributed by atoms with van der Waals surface area (Å²) >= 11 is 0. The van der Waals surface area contributed by atoms with E-state index in [9.17, 15) is 4.39 Å². The van der Waals surface area contributed by atoms with E-state index in [-0.39, 0.29) is 17.6 Å². The van der Waals surface area contributed by atoms with Crippen LogP contribution in [0, 0.1) is 5.82 Å². The van der Waals surface area contributed by atoms with Crippen LogP contribution in [0.5, 0.6) is 5.75 Å². The molecule has 2 N–H and O–H groups in total. The highest BCUT2D eigenvalue weighted by Gasteiger charge is 2.13. The van der Waals surface area contributed by atoms with Crippen molar-refractivity contribution in [2.24, 2.45) is 5.73 Å². The number of ether oxygens (including phenoxy) is 1. The molecule has 1 unspecified atom stereocenters. The molecule has 0 bridgehead atoms. The van der Waals surface area contributed by atoms with Crippen molar-refractivity contribution >= 4 is 0 Å². The maximum Gasteiger partial charge on any atom is 0.165 e. The van der Waals surface area contributed by atoms with Gasteiger partial charge in [0.15, 0.2) is 11.6 Å². The first-order valence-electron chi connectivity index (χ1n) is 6.74. The fourth-order valence-corrected chi connectivity index (χ4v) is 2.20. The van der Waals surface area contributed by atoms with E-state index in [1.165, 1.54) is 13.2 Å². The molecule has 2 rings (SSSR count). The molecular formula is C15H20FN3O. The lowest BCUT2D eigenvalue weighted by Gasteiger charge is -2.14. The molecular weight excluding hydrogens is 257 g/mol. The Kier molecular flexibility index (Phi) is 4.74. The molecule has 0 aliphatic rings. The van der Waals surface area contributed by atoms with Gasteiger partial charge in [0.1, 0.15) is 5.82 Å². The van der Waals surface area contributed by atoms with Crippen LogP contribution in [0.15, 0.2) is 30.6 Å². The first kappa shape index (κ1) is 14.5. The molecule has 0 fully saturated rings. The van der Waals surface area contributed by atoms with Crippen LogP contribution in [0.2, 0.25) is 0 Å². The van der Waals surface area contributed by atoms with Crippen LogP contribution in [-0.4, -0.2) is 16.7 Å². The molecule has 1 heterocycles. The summed E-state index contributed by atoms with van der Waals surface area (Å²) in [4.78, 5) is 4.34. The van der Waals surface area contributed by atoms with Gasteiger partial charge in [-0.3, -0.25) is 0 Å². The number of nitrogens with two attached hydrogens (primary N) is 1. The van der Waals surface area contributed by atoms with Gasteiger partial charge in [-0.15, -0.1) is 0 Å². The minimum absolute atomic E-state index is 0.217. The molecule has 4 nitrogen and oxygen atoms in total. The normalized spacial score (nSPS) is 12.4. The van der Waals surface area contributed by atoms with Crippen LogP contribution < -0.4 is 10.5 Å². The average Bonchev–Trinajstić information content (AvgIpc) is 2.87. The third kappa shape index (κ3) is 3.17. The van der Waals surface area contributed by atoms with Gasteiger partial charge in [0.25, 0.3) is 0 Å². The maximum atomic E-state index is 13.4. The lowest BCUT2D eigenvalue weighted by Crippen LogP contribution is -2.16. The second-order valence-corrected chi connectivity index (χ2v) is 4.74. The second-order valence-electron chi connectivity index (χ2n) is 4.74. The largest absolute Gasteiger partial charge is 0.494 e. The minimum Gasteiger partial charge on any atom is -0.494 e. The number of nitrogens with zero attached hydrogens (tertiary/aromatic N) is 2. The van der Waals surface area contributed by atoms with E-state index in [0.29, 0.717) is 6.42 Å². The first-order valence-corrected chi connectivity index (χ1v) is 6.74. The molecule has 108 valence electrons. The van der Waals surface area contributed by atoms with Crippen molar-refractivity contribution in [3.63, 3.8) is 0 Å². The summed E-state index contributed by atoms with van der Waals surface area (Å²) in [5, 5.41) is 0. The van der Waals surface area contributed by atoms with E-state index in [0.717, 1.165) is 24.4 Å². The molecule has 1 aromatic carbocycles. The monoisotopic (exact) mass is 277 g/mol. The van der Waals surface area contributed by atoms with Crippen LogP contribution in [-0.2, 0) is 13.0 Å². The highest BCUT2D eigenvalue weighted by Crippen LogP contribution is 2.23. The Bertz CT molecular complexity index is 568. The summed E-state index contributed by atoms with van der Waals surface area (Å²) in [5.74, 6) is 0.786. The summed E-state index contributed by atoms with van der Waals surface area (Å²) in [6.07, 6.45) is 5.39. The topological polar surface area (TPSA) is 53.1 Å². The smallest absolute Gasteiger partial charge is 0.165 e. The molecule has 1 aromatic heterocycles. The number of methoxy groups -OCH3 is 1. The van der Waals surface area contributed by atoms with Crippen molar-refractivity contribution in [1.82, 2.24) is 9.55 Å². The number of aromatic nitrogens is 2. The zero-order valence-electron chi connectivity index (χ0n) is 11.8. The predicted molar refractivity (Wildman–Crippen MR) is 76.1 cm³/mol. The Hall–Kier alpha value is -1.88. The molecule has 0 amide bonds. The summed E-state index contributed by atoms with van der Waals surface area (Å²) in [7, 11) is 1.45. The van der Waals surface area contributed by atoms with E-state index in [1.54, 1.807) is 18.3 Å². The number of aryl methyl sites for hydroxylation is 1. The lowest BCUT2D eigenvalue weighted by molar-refractivity contribution is 0.385. The lowest BCUT2D eigenvalue weighted by atomic mass is 10.0. The quantitative estimate of drug-likeness (QED) is 0.883. The molecule has 2 aromatic rings. The van der Waals surface area contributed by atoms with E-state index in [2.05, 4.69) is 16.5 Å². The fourth-order valence-electron chi connectivity index (χ4n) is 2.20. The van der Waals surface area contributed by atoms with E-state index < -0.39 is 0 Å². The van der Waals surface area contributed by atoms with Crippen molar-refractivity contribution in [2.75, 3.05) is 7.11 Å². The van der Waals surface area contributed by atoms with Gasteiger partial charge in [0, 0.05) is 31.4 Å². The molecule has 0 saturated heterocycles. The fraction of sp³-hybridized carbons (Fsp3) is 0.400. The molecule has 5 heteroatoms. The average molecular weight is 277 g/mol. The number of hydrogen-bond acceptors (Lipinski definition) is 3. The Morgan fingerprint density at radius 3 is 2.95 bits per heavy atom. The molecule has 0 aliphatic carbocycles. The molecule has 1 atom stereocenters.